The number of rotatable bonds is 5. The Balaban J connectivity index is 2.73. The Morgan fingerprint density at radius 3 is 2.61 bits per heavy atom. The fourth-order valence-electron chi connectivity index (χ4n) is 1.98. The van der Waals surface area contributed by atoms with Crippen LogP contribution in [0.25, 0.3) is 0 Å². The van der Waals surface area contributed by atoms with E-state index < -0.39 is 0 Å². The van der Waals surface area contributed by atoms with Gasteiger partial charge in [0.05, 0.1) is 7.11 Å². The standard InChI is InChI=1S/C14H20O4/c1-14(2,8-4-5-13(17)18-3)11-9-10(15)6-7-12(11)16/h6-7,9,15-16H,4-5,8H2,1-3H3. The zero-order valence-electron chi connectivity index (χ0n) is 11.1. The van der Waals surface area contributed by atoms with Crippen LogP contribution in [0.1, 0.15) is 38.7 Å². The maximum absolute atomic E-state index is 11.0. The second-order valence-electron chi connectivity index (χ2n) is 5.02. The fraction of sp³-hybridized carbons (Fsp3) is 0.500. The summed E-state index contributed by atoms with van der Waals surface area (Å²) in [7, 11) is 1.37. The van der Waals surface area contributed by atoms with Crippen molar-refractivity contribution in [3.05, 3.63) is 23.8 Å². The molecule has 0 spiro atoms. The zero-order chi connectivity index (χ0) is 13.8. The molecule has 0 atom stereocenters. The number of hydrogen-bond acceptors (Lipinski definition) is 4. The summed E-state index contributed by atoms with van der Waals surface area (Å²) < 4.78 is 4.59. The van der Waals surface area contributed by atoms with Gasteiger partial charge in [0.2, 0.25) is 0 Å². The molecule has 0 aromatic heterocycles. The van der Waals surface area contributed by atoms with Crippen molar-refractivity contribution in [1.29, 1.82) is 0 Å². The number of phenols is 2. The lowest BCUT2D eigenvalue weighted by atomic mass is 9.79. The van der Waals surface area contributed by atoms with E-state index in [1.54, 1.807) is 6.07 Å². The molecule has 0 bridgehead atoms. The molecule has 4 heteroatoms. The van der Waals surface area contributed by atoms with E-state index in [0.29, 0.717) is 18.4 Å². The Morgan fingerprint density at radius 1 is 1.33 bits per heavy atom. The highest BCUT2D eigenvalue weighted by molar-refractivity contribution is 5.69. The highest BCUT2D eigenvalue weighted by Gasteiger charge is 2.24. The molecule has 1 aromatic carbocycles. The Hall–Kier alpha value is -1.71. The number of methoxy groups -OCH3 is 1. The molecular weight excluding hydrogens is 232 g/mol. The molecule has 0 heterocycles. The van der Waals surface area contributed by atoms with Gasteiger partial charge in [-0.25, -0.2) is 0 Å². The number of carbonyl (C=O) groups is 1. The van der Waals surface area contributed by atoms with Gasteiger partial charge in [-0.2, -0.15) is 0 Å². The van der Waals surface area contributed by atoms with Gasteiger partial charge in [0.25, 0.3) is 0 Å². The number of phenolic OH excluding ortho intramolecular Hbond substituents is 2. The van der Waals surface area contributed by atoms with E-state index in [2.05, 4.69) is 4.74 Å². The summed E-state index contributed by atoms with van der Waals surface area (Å²) in [6, 6.07) is 4.49. The molecule has 0 saturated carbocycles. The first-order valence-electron chi connectivity index (χ1n) is 5.96. The molecule has 1 aromatic rings. The van der Waals surface area contributed by atoms with Crippen molar-refractivity contribution in [2.24, 2.45) is 0 Å². The third-order valence-electron chi connectivity index (χ3n) is 3.12. The van der Waals surface area contributed by atoms with Gasteiger partial charge in [0, 0.05) is 12.0 Å². The molecule has 0 aliphatic heterocycles. The van der Waals surface area contributed by atoms with Crippen molar-refractivity contribution in [2.45, 2.75) is 38.5 Å². The smallest absolute Gasteiger partial charge is 0.305 e. The summed E-state index contributed by atoms with van der Waals surface area (Å²) in [5.41, 5.74) is 0.379. The molecular formula is C14H20O4. The minimum Gasteiger partial charge on any atom is -0.508 e. The summed E-state index contributed by atoms with van der Waals surface area (Å²) in [6.07, 6.45) is 1.76. The van der Waals surface area contributed by atoms with Gasteiger partial charge < -0.3 is 14.9 Å². The zero-order valence-corrected chi connectivity index (χ0v) is 11.1. The highest BCUT2D eigenvalue weighted by atomic mass is 16.5. The lowest BCUT2D eigenvalue weighted by Gasteiger charge is -2.26. The minimum atomic E-state index is -0.309. The summed E-state index contributed by atoms with van der Waals surface area (Å²) in [4.78, 5) is 11.0. The van der Waals surface area contributed by atoms with E-state index >= 15 is 0 Å². The molecule has 0 amide bonds. The molecule has 0 unspecified atom stereocenters. The molecule has 4 nitrogen and oxygen atoms in total. The number of aromatic hydroxyl groups is 2. The van der Waals surface area contributed by atoms with Crippen LogP contribution in [0, 0.1) is 0 Å². The Bertz CT molecular complexity index is 424. The predicted octanol–water partition coefficient (Wildman–Crippen LogP) is 2.72. The van der Waals surface area contributed by atoms with Crippen LogP contribution >= 0.6 is 0 Å². The Morgan fingerprint density at radius 2 is 2.00 bits per heavy atom. The molecule has 100 valence electrons. The lowest BCUT2D eigenvalue weighted by Crippen LogP contribution is -2.18. The summed E-state index contributed by atoms with van der Waals surface area (Å²) in [6.45, 7) is 3.94. The van der Waals surface area contributed by atoms with E-state index in [0.717, 1.165) is 6.42 Å². The number of benzene rings is 1. The third kappa shape index (κ3) is 3.65. The monoisotopic (exact) mass is 252 g/mol. The van der Waals surface area contributed by atoms with Crippen LogP contribution < -0.4 is 0 Å². The van der Waals surface area contributed by atoms with Gasteiger partial charge in [0.1, 0.15) is 11.5 Å². The van der Waals surface area contributed by atoms with Crippen LogP contribution in [0.4, 0.5) is 0 Å². The van der Waals surface area contributed by atoms with Crippen molar-refractivity contribution in [3.8, 4) is 11.5 Å². The highest BCUT2D eigenvalue weighted by Crippen LogP contribution is 2.36. The molecule has 0 radical (unpaired) electrons. The van der Waals surface area contributed by atoms with Gasteiger partial charge in [-0.15, -0.1) is 0 Å². The van der Waals surface area contributed by atoms with Crippen molar-refractivity contribution in [1.82, 2.24) is 0 Å². The molecule has 0 aliphatic carbocycles. The second-order valence-corrected chi connectivity index (χ2v) is 5.02. The van der Waals surface area contributed by atoms with E-state index in [1.165, 1.54) is 19.2 Å². The fourth-order valence-corrected chi connectivity index (χ4v) is 1.98. The van der Waals surface area contributed by atoms with Crippen LogP contribution in [-0.4, -0.2) is 23.3 Å². The summed E-state index contributed by atoms with van der Waals surface area (Å²) in [5, 5.41) is 19.3. The second kappa shape index (κ2) is 5.76. The number of esters is 1. The largest absolute Gasteiger partial charge is 0.508 e. The van der Waals surface area contributed by atoms with Gasteiger partial charge >= 0.3 is 5.97 Å². The Labute approximate surface area is 107 Å². The van der Waals surface area contributed by atoms with E-state index in [4.69, 9.17) is 0 Å². The quantitative estimate of drug-likeness (QED) is 0.624. The molecule has 0 fully saturated rings. The van der Waals surface area contributed by atoms with Gasteiger partial charge in [0.15, 0.2) is 0 Å². The van der Waals surface area contributed by atoms with Crippen molar-refractivity contribution < 1.29 is 19.7 Å². The van der Waals surface area contributed by atoms with Crippen LogP contribution in [0.3, 0.4) is 0 Å². The minimum absolute atomic E-state index is 0.129. The van der Waals surface area contributed by atoms with E-state index in [-0.39, 0.29) is 22.9 Å². The molecule has 18 heavy (non-hydrogen) atoms. The predicted molar refractivity (Wildman–Crippen MR) is 68.7 cm³/mol. The Kier molecular flexibility index (Phi) is 4.59. The first-order chi connectivity index (χ1) is 8.36. The lowest BCUT2D eigenvalue weighted by molar-refractivity contribution is -0.140. The maximum atomic E-state index is 11.0. The number of carbonyl (C=O) groups excluding carboxylic acids is 1. The van der Waals surface area contributed by atoms with Crippen molar-refractivity contribution >= 4 is 5.97 Å². The van der Waals surface area contributed by atoms with E-state index in [9.17, 15) is 15.0 Å². The van der Waals surface area contributed by atoms with Crippen molar-refractivity contribution in [3.63, 3.8) is 0 Å². The van der Waals surface area contributed by atoms with Gasteiger partial charge in [-0.3, -0.25) is 4.79 Å². The SMILES string of the molecule is COC(=O)CCCC(C)(C)c1cc(O)ccc1O. The van der Waals surface area contributed by atoms with E-state index in [1.807, 2.05) is 13.8 Å². The maximum Gasteiger partial charge on any atom is 0.305 e. The van der Waals surface area contributed by atoms with Crippen LogP contribution in [-0.2, 0) is 14.9 Å². The van der Waals surface area contributed by atoms with Crippen LogP contribution in [0.15, 0.2) is 18.2 Å². The topological polar surface area (TPSA) is 66.8 Å². The first-order valence-corrected chi connectivity index (χ1v) is 5.96. The van der Waals surface area contributed by atoms with Crippen LogP contribution in [0.2, 0.25) is 0 Å². The normalized spacial score (nSPS) is 11.3. The molecule has 0 aliphatic rings. The molecule has 1 rings (SSSR count). The average molecular weight is 252 g/mol. The average Bonchev–Trinajstić information content (AvgIpc) is 2.31. The number of hydrogen-bond donors (Lipinski definition) is 2. The van der Waals surface area contributed by atoms with Crippen molar-refractivity contribution in [2.75, 3.05) is 7.11 Å². The van der Waals surface area contributed by atoms with Gasteiger partial charge in [-0.05, 0) is 36.5 Å². The number of ether oxygens (including phenoxy) is 1. The summed E-state index contributed by atoms with van der Waals surface area (Å²) in [5.74, 6) is 0.0608. The molecule has 0 saturated heterocycles. The summed E-state index contributed by atoms with van der Waals surface area (Å²) >= 11 is 0. The van der Waals surface area contributed by atoms with Gasteiger partial charge in [-0.1, -0.05) is 13.8 Å². The molecule has 2 N–H and O–H groups in total. The van der Waals surface area contributed by atoms with Crippen LogP contribution in [0.5, 0.6) is 11.5 Å². The third-order valence-corrected chi connectivity index (χ3v) is 3.12. The first kappa shape index (κ1) is 14.4.